The van der Waals surface area contributed by atoms with Crippen molar-refractivity contribution in [3.63, 3.8) is 0 Å². The van der Waals surface area contributed by atoms with E-state index in [1.54, 1.807) is 29.7 Å². The number of thiazole rings is 1. The molecule has 4 rings (SSSR count). The van der Waals surface area contributed by atoms with Crippen LogP contribution in [-0.4, -0.2) is 22.2 Å². The van der Waals surface area contributed by atoms with Gasteiger partial charge in [0.05, 0.1) is 28.5 Å². The number of benzene rings is 2. The highest BCUT2D eigenvalue weighted by molar-refractivity contribution is 7.09. The van der Waals surface area contributed by atoms with Crippen molar-refractivity contribution in [3.05, 3.63) is 63.5 Å². The third-order valence-electron chi connectivity index (χ3n) is 4.38. The number of rotatable bonds is 6. The molecule has 2 aromatic carbocycles. The highest BCUT2D eigenvalue weighted by atomic mass is 35.5. The van der Waals surface area contributed by atoms with Crippen LogP contribution >= 0.6 is 22.9 Å². The van der Waals surface area contributed by atoms with Gasteiger partial charge in [0.25, 0.3) is 0 Å². The number of anilines is 2. The van der Waals surface area contributed by atoms with E-state index in [9.17, 15) is 9.50 Å². The van der Waals surface area contributed by atoms with E-state index in [2.05, 4.69) is 15.3 Å². The average Bonchev–Trinajstić information content (AvgIpc) is 3.15. The summed E-state index contributed by atoms with van der Waals surface area (Å²) in [6.45, 7) is 2.24. The number of halogens is 2. The predicted octanol–water partition coefficient (Wildman–Crippen LogP) is 5.83. The smallest absolute Gasteiger partial charge is 0.187 e. The van der Waals surface area contributed by atoms with Gasteiger partial charge in [-0.1, -0.05) is 11.6 Å². The van der Waals surface area contributed by atoms with E-state index in [1.807, 2.05) is 18.4 Å². The van der Waals surface area contributed by atoms with Crippen molar-refractivity contribution in [2.24, 2.45) is 0 Å². The summed E-state index contributed by atoms with van der Waals surface area (Å²) >= 11 is 7.31. The summed E-state index contributed by atoms with van der Waals surface area (Å²) in [4.78, 5) is 8.79. The van der Waals surface area contributed by atoms with Gasteiger partial charge < -0.3 is 19.9 Å². The number of nitrogens with one attached hydrogen (secondary N) is 1. The van der Waals surface area contributed by atoms with E-state index in [4.69, 9.17) is 21.1 Å². The molecule has 0 bridgehead atoms. The maximum absolute atomic E-state index is 14.3. The van der Waals surface area contributed by atoms with Crippen LogP contribution in [0.25, 0.3) is 10.9 Å². The van der Waals surface area contributed by atoms with E-state index in [0.29, 0.717) is 34.7 Å². The highest BCUT2D eigenvalue weighted by Crippen LogP contribution is 2.39. The van der Waals surface area contributed by atoms with Gasteiger partial charge in [0.15, 0.2) is 11.5 Å². The number of aromatic nitrogens is 2. The Morgan fingerprint density at radius 1 is 1.23 bits per heavy atom. The molecule has 0 aliphatic carbocycles. The molecular weight excluding hydrogens is 429 g/mol. The van der Waals surface area contributed by atoms with Crippen LogP contribution in [0.15, 0.2) is 41.9 Å². The number of hydrogen-bond donors (Lipinski definition) is 2. The van der Waals surface area contributed by atoms with Crippen molar-refractivity contribution >= 4 is 45.2 Å². The first-order chi connectivity index (χ1) is 14.5. The fraction of sp³-hybridized carbons (Fsp3) is 0.143. The Hall–Kier alpha value is -3.10. The number of fused-ring (bicyclic) bond motifs is 1. The number of phenolic OH excluding ortho intramolecular Hbond substituents is 1. The molecule has 4 aromatic rings. The summed E-state index contributed by atoms with van der Waals surface area (Å²) in [5.74, 6) is 0.177. The van der Waals surface area contributed by atoms with E-state index in [1.165, 1.54) is 13.2 Å². The zero-order valence-corrected chi connectivity index (χ0v) is 17.6. The molecular formula is C21H17ClFN3O3S. The van der Waals surface area contributed by atoms with Crippen LogP contribution in [0.5, 0.6) is 17.2 Å². The summed E-state index contributed by atoms with van der Waals surface area (Å²) in [5, 5.41) is 16.3. The van der Waals surface area contributed by atoms with Crippen LogP contribution in [0.4, 0.5) is 15.8 Å². The van der Waals surface area contributed by atoms with E-state index in [-0.39, 0.29) is 16.5 Å². The van der Waals surface area contributed by atoms with Gasteiger partial charge >= 0.3 is 0 Å². The summed E-state index contributed by atoms with van der Waals surface area (Å²) in [7, 11) is 1.54. The van der Waals surface area contributed by atoms with Crippen LogP contribution in [0.2, 0.25) is 5.02 Å². The van der Waals surface area contributed by atoms with Crippen molar-refractivity contribution in [2.45, 2.75) is 13.5 Å². The maximum Gasteiger partial charge on any atom is 0.187 e. The molecule has 154 valence electrons. The van der Waals surface area contributed by atoms with Gasteiger partial charge in [-0.3, -0.25) is 4.98 Å². The van der Waals surface area contributed by atoms with Crippen LogP contribution in [0, 0.1) is 12.7 Å². The first kappa shape index (κ1) is 20.2. The number of methoxy groups -OCH3 is 1. The number of phenols is 1. The van der Waals surface area contributed by atoms with Crippen LogP contribution < -0.4 is 14.8 Å². The predicted molar refractivity (Wildman–Crippen MR) is 116 cm³/mol. The number of nitrogens with zero attached hydrogens (tertiary/aromatic N) is 2. The zero-order valence-electron chi connectivity index (χ0n) is 16.1. The standard InChI is InChI=1S/C21H17ClFN3O3S/c1-11-25-12(10-30-11)9-29-19-4-3-13-16(5-6-24-20(13)21(19)28-2)26-17-8-18(27)14(22)7-15(17)23/h3-8,10,27H,9H2,1-2H3,(H,24,26). The molecule has 0 saturated carbocycles. The van der Waals surface area contributed by atoms with Gasteiger partial charge in [-0.05, 0) is 31.2 Å². The molecule has 0 saturated heterocycles. The van der Waals surface area contributed by atoms with Gasteiger partial charge in [-0.2, -0.15) is 0 Å². The lowest BCUT2D eigenvalue weighted by Gasteiger charge is -2.15. The Morgan fingerprint density at radius 2 is 2.07 bits per heavy atom. The molecule has 0 amide bonds. The second kappa shape index (κ2) is 8.33. The average molecular weight is 446 g/mol. The van der Waals surface area contributed by atoms with Crippen LogP contribution in [0.3, 0.4) is 0 Å². The molecule has 2 N–H and O–H groups in total. The maximum atomic E-state index is 14.3. The van der Waals surface area contributed by atoms with E-state index >= 15 is 0 Å². The van der Waals surface area contributed by atoms with Gasteiger partial charge in [0.1, 0.15) is 23.7 Å². The minimum absolute atomic E-state index is 0.0589. The summed E-state index contributed by atoms with van der Waals surface area (Å²) < 4.78 is 25.7. The number of aryl methyl sites for hydroxylation is 1. The third-order valence-corrected chi connectivity index (χ3v) is 5.51. The monoisotopic (exact) mass is 445 g/mol. The molecule has 0 unspecified atom stereocenters. The minimum Gasteiger partial charge on any atom is -0.506 e. The molecule has 0 radical (unpaired) electrons. The summed E-state index contributed by atoms with van der Waals surface area (Å²) in [6, 6.07) is 7.56. The van der Waals surface area contributed by atoms with E-state index in [0.717, 1.165) is 16.8 Å². The zero-order chi connectivity index (χ0) is 21.3. The Morgan fingerprint density at radius 3 is 2.80 bits per heavy atom. The largest absolute Gasteiger partial charge is 0.506 e. The number of ether oxygens (including phenoxy) is 2. The topological polar surface area (TPSA) is 76.5 Å². The quantitative estimate of drug-likeness (QED) is 0.389. The van der Waals surface area contributed by atoms with Crippen molar-refractivity contribution in [2.75, 3.05) is 12.4 Å². The lowest BCUT2D eigenvalue weighted by atomic mass is 10.1. The molecule has 0 fully saturated rings. The number of pyridine rings is 1. The second-order valence-corrected chi connectivity index (χ2v) is 7.88. The first-order valence-electron chi connectivity index (χ1n) is 8.91. The fourth-order valence-corrected chi connectivity index (χ4v) is 3.75. The Kier molecular flexibility index (Phi) is 5.61. The highest BCUT2D eigenvalue weighted by Gasteiger charge is 2.15. The SMILES string of the molecule is COc1c(OCc2csc(C)n2)ccc2c(Nc3cc(O)c(Cl)cc3F)ccnc12. The molecule has 9 heteroatoms. The number of hydrogen-bond acceptors (Lipinski definition) is 7. The molecule has 0 atom stereocenters. The molecule has 30 heavy (non-hydrogen) atoms. The number of aromatic hydroxyl groups is 1. The molecule has 0 spiro atoms. The Balaban J connectivity index is 1.69. The van der Waals surface area contributed by atoms with Gasteiger partial charge in [0.2, 0.25) is 0 Å². The first-order valence-corrected chi connectivity index (χ1v) is 10.2. The fourth-order valence-electron chi connectivity index (χ4n) is 3.00. The van der Waals surface area contributed by atoms with Crippen molar-refractivity contribution < 1.29 is 19.0 Å². The molecule has 2 heterocycles. The van der Waals surface area contributed by atoms with Gasteiger partial charge in [-0.25, -0.2) is 9.37 Å². The molecule has 0 aliphatic rings. The second-order valence-electron chi connectivity index (χ2n) is 6.41. The summed E-state index contributed by atoms with van der Waals surface area (Å²) in [5.41, 5.74) is 2.05. The van der Waals surface area contributed by atoms with Gasteiger partial charge in [-0.15, -0.1) is 11.3 Å². The lowest BCUT2D eigenvalue weighted by molar-refractivity contribution is 0.282. The van der Waals surface area contributed by atoms with Crippen molar-refractivity contribution in [3.8, 4) is 17.2 Å². The van der Waals surface area contributed by atoms with Crippen LogP contribution in [-0.2, 0) is 6.61 Å². The van der Waals surface area contributed by atoms with Crippen molar-refractivity contribution in [1.82, 2.24) is 9.97 Å². The molecule has 0 aliphatic heterocycles. The lowest BCUT2D eigenvalue weighted by Crippen LogP contribution is -2.00. The Labute approximate surface area is 180 Å². The summed E-state index contributed by atoms with van der Waals surface area (Å²) in [6.07, 6.45) is 1.58. The Bertz CT molecular complexity index is 1230. The normalized spacial score (nSPS) is 10.9. The van der Waals surface area contributed by atoms with Crippen molar-refractivity contribution in [1.29, 1.82) is 0 Å². The van der Waals surface area contributed by atoms with Gasteiger partial charge in [0, 0.05) is 28.7 Å². The molecule has 6 nitrogen and oxygen atoms in total. The third kappa shape index (κ3) is 3.96. The van der Waals surface area contributed by atoms with Crippen LogP contribution in [0.1, 0.15) is 10.7 Å². The molecule has 2 aromatic heterocycles. The van der Waals surface area contributed by atoms with E-state index < -0.39 is 5.82 Å². The minimum atomic E-state index is -0.590.